The van der Waals surface area contributed by atoms with Gasteiger partial charge in [-0.2, -0.15) is 0 Å². The second-order valence-electron chi connectivity index (χ2n) is 8.75. The minimum absolute atomic E-state index is 0.0205. The van der Waals surface area contributed by atoms with Crippen LogP contribution in [0.5, 0.6) is 0 Å². The quantitative estimate of drug-likeness (QED) is 0.844. The number of rotatable bonds is 4. The second-order valence-corrected chi connectivity index (χ2v) is 8.75. The smallest absolute Gasteiger partial charge is 0.341 e. The molecule has 150 valence electrons. The lowest BCUT2D eigenvalue weighted by Gasteiger charge is -2.25. The number of carbonyl (C=O) groups is 1. The van der Waals surface area contributed by atoms with Gasteiger partial charge in [-0.1, -0.05) is 13.8 Å². The van der Waals surface area contributed by atoms with Crippen molar-refractivity contribution in [1.29, 1.82) is 0 Å². The largest absolute Gasteiger partial charge is 0.477 e. The highest BCUT2D eigenvalue weighted by molar-refractivity contribution is 5.95. The summed E-state index contributed by atoms with van der Waals surface area (Å²) in [5, 5.41) is 12.9. The van der Waals surface area contributed by atoms with Crippen molar-refractivity contribution in [1.82, 2.24) is 9.88 Å². The zero-order chi connectivity index (χ0) is 20.4. The number of likely N-dealkylation sites (N-methyl/N-ethyl adjacent to an activating group) is 1. The van der Waals surface area contributed by atoms with Crippen LogP contribution in [-0.4, -0.2) is 41.8 Å². The first-order valence-electron chi connectivity index (χ1n) is 9.69. The maximum absolute atomic E-state index is 15.4. The van der Waals surface area contributed by atoms with Gasteiger partial charge in [0.25, 0.3) is 0 Å². The molecule has 4 rings (SSSR count). The van der Waals surface area contributed by atoms with Gasteiger partial charge in [-0.15, -0.1) is 0 Å². The van der Waals surface area contributed by atoms with Gasteiger partial charge < -0.3 is 19.9 Å². The Balaban J connectivity index is 1.95. The van der Waals surface area contributed by atoms with Gasteiger partial charge >= 0.3 is 5.97 Å². The zero-order valence-electron chi connectivity index (χ0n) is 16.7. The van der Waals surface area contributed by atoms with E-state index in [9.17, 15) is 14.7 Å². The van der Waals surface area contributed by atoms with Crippen molar-refractivity contribution in [2.24, 2.45) is 5.41 Å². The van der Waals surface area contributed by atoms with Gasteiger partial charge in [0, 0.05) is 36.9 Å². The van der Waals surface area contributed by atoms with Gasteiger partial charge in [0.1, 0.15) is 11.4 Å². The summed E-state index contributed by atoms with van der Waals surface area (Å²) in [6.07, 6.45) is 3.29. The normalized spacial score (nSPS) is 21.5. The number of benzene rings is 1. The van der Waals surface area contributed by atoms with Gasteiger partial charge in [-0.25, -0.2) is 9.18 Å². The number of fused-ring (bicyclic) bond motifs is 1. The first-order chi connectivity index (χ1) is 13.2. The fourth-order valence-electron chi connectivity index (χ4n) is 4.49. The fraction of sp³-hybridized carbons (Fsp3) is 0.524. The van der Waals surface area contributed by atoms with E-state index in [1.807, 2.05) is 16.5 Å². The molecule has 2 aliphatic rings. The number of anilines is 1. The highest BCUT2D eigenvalue weighted by atomic mass is 19.1. The minimum Gasteiger partial charge on any atom is -0.477 e. The van der Waals surface area contributed by atoms with Crippen molar-refractivity contribution in [3.63, 3.8) is 0 Å². The standard InChI is InChI=1S/C21H26FN3O3/c1-11-17-14(25(12-5-6-12)8-13(19(17)26)20(27)28)7-15(18(11)22)24-9-16(23-4)21(2,3)10-24/h7-8,12,16,23H,5-6,9-10H2,1-4H3,(H,27,28). The third-order valence-electron chi connectivity index (χ3n) is 6.28. The molecule has 1 unspecified atom stereocenters. The van der Waals surface area contributed by atoms with Gasteiger partial charge in [0.05, 0.1) is 16.6 Å². The molecule has 0 radical (unpaired) electrons. The Morgan fingerprint density at radius 3 is 2.57 bits per heavy atom. The number of carboxylic acids is 1. The highest BCUT2D eigenvalue weighted by Gasteiger charge is 2.40. The Morgan fingerprint density at radius 2 is 2.04 bits per heavy atom. The van der Waals surface area contributed by atoms with E-state index in [0.717, 1.165) is 12.8 Å². The molecule has 2 aromatic rings. The summed E-state index contributed by atoms with van der Waals surface area (Å²) in [4.78, 5) is 26.4. The van der Waals surface area contributed by atoms with Crippen LogP contribution >= 0.6 is 0 Å². The summed E-state index contributed by atoms with van der Waals surface area (Å²) in [6.45, 7) is 7.24. The SMILES string of the molecule is CNC1CN(c2cc3c(c(C)c2F)c(=O)c(C(=O)O)cn3C2CC2)CC1(C)C. The molecule has 28 heavy (non-hydrogen) atoms. The van der Waals surface area contributed by atoms with E-state index in [2.05, 4.69) is 19.2 Å². The molecule has 2 N–H and O–H groups in total. The van der Waals surface area contributed by atoms with E-state index in [1.54, 1.807) is 13.0 Å². The van der Waals surface area contributed by atoms with Gasteiger partial charge in [0.2, 0.25) is 5.43 Å². The Kier molecular flexibility index (Phi) is 4.26. The van der Waals surface area contributed by atoms with Crippen molar-refractivity contribution >= 4 is 22.6 Å². The fourth-order valence-corrected chi connectivity index (χ4v) is 4.49. The molecular weight excluding hydrogens is 361 g/mol. The van der Waals surface area contributed by atoms with E-state index in [0.29, 0.717) is 24.3 Å². The van der Waals surface area contributed by atoms with Gasteiger partial charge in [0.15, 0.2) is 0 Å². The molecule has 2 heterocycles. The van der Waals surface area contributed by atoms with Crippen LogP contribution in [0.15, 0.2) is 17.1 Å². The highest BCUT2D eigenvalue weighted by Crippen LogP contribution is 2.40. The Hall–Kier alpha value is -2.41. The summed E-state index contributed by atoms with van der Waals surface area (Å²) in [5.74, 6) is -1.72. The number of aromatic carboxylic acids is 1. The number of carboxylic acid groups (broad SMARTS) is 1. The van der Waals surface area contributed by atoms with Crippen molar-refractivity contribution in [2.45, 2.75) is 45.7 Å². The topological polar surface area (TPSA) is 74.6 Å². The van der Waals surface area contributed by atoms with Crippen molar-refractivity contribution in [3.05, 3.63) is 39.4 Å². The molecule has 1 aromatic carbocycles. The van der Waals surface area contributed by atoms with E-state index in [1.165, 1.54) is 6.20 Å². The lowest BCUT2D eigenvalue weighted by molar-refractivity contribution is 0.0695. The molecule has 1 saturated carbocycles. The summed E-state index contributed by atoms with van der Waals surface area (Å²) in [5.41, 5.74) is 0.392. The Labute approximate surface area is 163 Å². The van der Waals surface area contributed by atoms with E-state index >= 15 is 4.39 Å². The van der Waals surface area contributed by atoms with Crippen LogP contribution in [-0.2, 0) is 0 Å². The molecule has 1 aromatic heterocycles. The van der Waals surface area contributed by atoms with Crippen LogP contribution in [0.25, 0.3) is 10.9 Å². The molecule has 6 nitrogen and oxygen atoms in total. The molecular formula is C21H26FN3O3. The van der Waals surface area contributed by atoms with Crippen LogP contribution in [0.3, 0.4) is 0 Å². The molecule has 7 heteroatoms. The minimum atomic E-state index is -1.27. The van der Waals surface area contributed by atoms with Gasteiger partial charge in [-0.3, -0.25) is 4.79 Å². The van der Waals surface area contributed by atoms with Crippen LogP contribution in [0, 0.1) is 18.2 Å². The first-order valence-corrected chi connectivity index (χ1v) is 9.69. The maximum atomic E-state index is 15.4. The van der Waals surface area contributed by atoms with E-state index < -0.39 is 17.2 Å². The molecule has 1 saturated heterocycles. The number of nitrogens with zero attached hydrogens (tertiary/aromatic N) is 2. The van der Waals surface area contributed by atoms with Crippen LogP contribution in [0.1, 0.15) is 48.7 Å². The Morgan fingerprint density at radius 1 is 1.36 bits per heavy atom. The number of aromatic nitrogens is 1. The van der Waals surface area contributed by atoms with E-state index in [4.69, 9.17) is 0 Å². The number of nitrogens with one attached hydrogen (secondary N) is 1. The number of hydrogen-bond acceptors (Lipinski definition) is 4. The molecule has 2 fully saturated rings. The number of halogens is 1. The zero-order valence-corrected chi connectivity index (χ0v) is 16.7. The van der Waals surface area contributed by atoms with Gasteiger partial charge in [-0.05, 0) is 38.3 Å². The lowest BCUT2D eigenvalue weighted by atomic mass is 9.88. The summed E-state index contributed by atoms with van der Waals surface area (Å²) < 4.78 is 17.2. The molecule has 1 aliphatic carbocycles. The molecule has 1 atom stereocenters. The van der Waals surface area contributed by atoms with Crippen molar-refractivity contribution in [2.75, 3.05) is 25.0 Å². The number of pyridine rings is 1. The second kappa shape index (κ2) is 6.30. The van der Waals surface area contributed by atoms with Crippen LogP contribution < -0.4 is 15.6 Å². The third-order valence-corrected chi connectivity index (χ3v) is 6.28. The first kappa shape index (κ1) is 18.9. The Bertz CT molecular complexity index is 1040. The molecule has 0 bridgehead atoms. The van der Waals surface area contributed by atoms with Crippen molar-refractivity contribution < 1.29 is 14.3 Å². The third kappa shape index (κ3) is 2.80. The number of hydrogen-bond donors (Lipinski definition) is 2. The maximum Gasteiger partial charge on any atom is 0.341 e. The van der Waals surface area contributed by atoms with E-state index in [-0.39, 0.29) is 34.0 Å². The molecule has 1 aliphatic heterocycles. The average Bonchev–Trinajstić information content (AvgIpc) is 3.41. The summed E-state index contributed by atoms with van der Waals surface area (Å²) >= 11 is 0. The summed E-state index contributed by atoms with van der Waals surface area (Å²) in [6, 6.07) is 2.12. The number of aryl methyl sites for hydroxylation is 1. The predicted octanol–water partition coefficient (Wildman–Crippen LogP) is 2.92. The summed E-state index contributed by atoms with van der Waals surface area (Å²) in [7, 11) is 1.91. The lowest BCUT2D eigenvalue weighted by Crippen LogP contribution is -2.38. The van der Waals surface area contributed by atoms with Crippen LogP contribution in [0.2, 0.25) is 0 Å². The van der Waals surface area contributed by atoms with Crippen LogP contribution in [0.4, 0.5) is 10.1 Å². The van der Waals surface area contributed by atoms with Crippen molar-refractivity contribution in [3.8, 4) is 0 Å². The molecule has 0 spiro atoms. The average molecular weight is 387 g/mol. The monoisotopic (exact) mass is 387 g/mol. The predicted molar refractivity (Wildman–Crippen MR) is 107 cm³/mol. The molecule has 0 amide bonds.